The number of ether oxygens (including phenoxy) is 2. The molecule has 1 heterocycles. The number of methoxy groups -OCH3 is 2. The van der Waals surface area contributed by atoms with Crippen LogP contribution in [0, 0.1) is 0 Å². The van der Waals surface area contributed by atoms with Gasteiger partial charge >= 0.3 is 0 Å². The van der Waals surface area contributed by atoms with E-state index in [4.69, 9.17) is 13.9 Å². The molecule has 1 aromatic heterocycles. The summed E-state index contributed by atoms with van der Waals surface area (Å²) in [6.07, 6.45) is 0.537. The van der Waals surface area contributed by atoms with E-state index in [0.29, 0.717) is 29.4 Å². The molecule has 1 N–H and O–H groups in total. The van der Waals surface area contributed by atoms with E-state index in [2.05, 4.69) is 4.98 Å². The van der Waals surface area contributed by atoms with E-state index in [0.717, 1.165) is 11.1 Å². The lowest BCUT2D eigenvalue weighted by atomic mass is 10.1. The summed E-state index contributed by atoms with van der Waals surface area (Å²) in [6, 6.07) is 10.6. The van der Waals surface area contributed by atoms with Crippen LogP contribution < -0.4 is 9.47 Å². The van der Waals surface area contributed by atoms with Crippen LogP contribution in [0.15, 0.2) is 40.8 Å². The zero-order valence-electron chi connectivity index (χ0n) is 11.8. The summed E-state index contributed by atoms with van der Waals surface area (Å²) in [5.41, 5.74) is 2.30. The highest BCUT2D eigenvalue weighted by molar-refractivity contribution is 5.74. The molecule has 0 amide bonds. The number of aromatic hydroxyl groups is 1. The number of nitrogens with zero attached hydrogens (tertiary/aromatic N) is 1. The Kier molecular flexibility index (Phi) is 3.39. The zero-order chi connectivity index (χ0) is 14.8. The van der Waals surface area contributed by atoms with Crippen molar-refractivity contribution in [3.63, 3.8) is 0 Å². The molecule has 0 saturated heterocycles. The SMILES string of the molecule is COc1ccc(Cc2nc3ccc(O)cc3o2)cc1OC. The van der Waals surface area contributed by atoms with Gasteiger partial charge in [0.15, 0.2) is 23.0 Å². The van der Waals surface area contributed by atoms with Gasteiger partial charge in [-0.05, 0) is 29.8 Å². The summed E-state index contributed by atoms with van der Waals surface area (Å²) in [6.45, 7) is 0. The molecule has 0 atom stereocenters. The van der Waals surface area contributed by atoms with Crippen molar-refractivity contribution >= 4 is 11.1 Å². The van der Waals surface area contributed by atoms with Crippen molar-refractivity contribution in [2.24, 2.45) is 0 Å². The molecular weight excluding hydrogens is 270 g/mol. The van der Waals surface area contributed by atoms with Gasteiger partial charge in [-0.1, -0.05) is 6.07 Å². The maximum Gasteiger partial charge on any atom is 0.199 e. The fourth-order valence-corrected chi connectivity index (χ4v) is 2.20. The van der Waals surface area contributed by atoms with Gasteiger partial charge in [-0.2, -0.15) is 0 Å². The molecule has 0 bridgehead atoms. The molecule has 108 valence electrons. The van der Waals surface area contributed by atoms with E-state index in [9.17, 15) is 5.11 Å². The normalized spacial score (nSPS) is 10.8. The second-order valence-electron chi connectivity index (χ2n) is 4.63. The zero-order valence-corrected chi connectivity index (χ0v) is 11.8. The van der Waals surface area contributed by atoms with Gasteiger partial charge in [0.25, 0.3) is 0 Å². The smallest absolute Gasteiger partial charge is 0.199 e. The lowest BCUT2D eigenvalue weighted by Crippen LogP contribution is -1.93. The van der Waals surface area contributed by atoms with Gasteiger partial charge in [0.05, 0.1) is 14.2 Å². The van der Waals surface area contributed by atoms with Gasteiger partial charge in [-0.3, -0.25) is 0 Å². The average molecular weight is 285 g/mol. The van der Waals surface area contributed by atoms with Crippen molar-refractivity contribution in [1.82, 2.24) is 4.98 Å². The fraction of sp³-hybridized carbons (Fsp3) is 0.188. The van der Waals surface area contributed by atoms with Crippen LogP contribution in [0.1, 0.15) is 11.5 Å². The summed E-state index contributed by atoms with van der Waals surface area (Å²) in [5, 5.41) is 9.44. The molecule has 5 heteroatoms. The Morgan fingerprint density at radius 3 is 2.62 bits per heavy atom. The van der Waals surface area contributed by atoms with Crippen LogP contribution in [0.4, 0.5) is 0 Å². The minimum atomic E-state index is 0.163. The Labute approximate surface area is 121 Å². The van der Waals surface area contributed by atoms with Gasteiger partial charge < -0.3 is 19.0 Å². The summed E-state index contributed by atoms with van der Waals surface area (Å²) in [5.74, 6) is 2.10. The maximum atomic E-state index is 9.44. The molecule has 0 aliphatic carbocycles. The molecule has 0 aliphatic rings. The molecule has 0 fully saturated rings. The molecule has 0 aliphatic heterocycles. The number of phenols is 1. The highest BCUT2D eigenvalue weighted by atomic mass is 16.5. The predicted octanol–water partition coefficient (Wildman–Crippen LogP) is 3.14. The maximum absolute atomic E-state index is 9.44. The number of fused-ring (bicyclic) bond motifs is 1. The monoisotopic (exact) mass is 285 g/mol. The van der Waals surface area contributed by atoms with Crippen LogP contribution in [0.25, 0.3) is 11.1 Å². The number of hydrogen-bond acceptors (Lipinski definition) is 5. The predicted molar refractivity (Wildman–Crippen MR) is 78.0 cm³/mol. The highest BCUT2D eigenvalue weighted by Gasteiger charge is 2.10. The number of rotatable bonds is 4. The lowest BCUT2D eigenvalue weighted by Gasteiger charge is -2.08. The van der Waals surface area contributed by atoms with Crippen molar-refractivity contribution in [2.75, 3.05) is 14.2 Å². The van der Waals surface area contributed by atoms with Crippen molar-refractivity contribution in [1.29, 1.82) is 0 Å². The molecule has 0 radical (unpaired) electrons. The van der Waals surface area contributed by atoms with Crippen molar-refractivity contribution in [3.05, 3.63) is 47.9 Å². The highest BCUT2D eigenvalue weighted by Crippen LogP contribution is 2.29. The van der Waals surface area contributed by atoms with E-state index in [1.807, 2.05) is 18.2 Å². The molecule has 0 saturated carbocycles. The first-order valence-electron chi connectivity index (χ1n) is 6.49. The topological polar surface area (TPSA) is 64.7 Å². The van der Waals surface area contributed by atoms with Crippen LogP contribution in [0.3, 0.4) is 0 Å². The Morgan fingerprint density at radius 2 is 1.86 bits per heavy atom. The second kappa shape index (κ2) is 5.36. The Bertz CT molecular complexity index is 779. The Hall–Kier alpha value is -2.69. The van der Waals surface area contributed by atoms with Crippen LogP contribution in [-0.4, -0.2) is 24.3 Å². The molecule has 3 aromatic rings. The first-order chi connectivity index (χ1) is 10.2. The molecule has 3 rings (SSSR count). The molecule has 0 spiro atoms. The molecule has 2 aromatic carbocycles. The average Bonchev–Trinajstić information content (AvgIpc) is 2.88. The first-order valence-corrected chi connectivity index (χ1v) is 6.49. The Morgan fingerprint density at radius 1 is 1.05 bits per heavy atom. The number of phenolic OH excluding ortho intramolecular Hbond substituents is 1. The van der Waals surface area contributed by atoms with Gasteiger partial charge in [0.1, 0.15) is 11.3 Å². The Balaban J connectivity index is 1.91. The first kappa shape index (κ1) is 13.3. The third-order valence-electron chi connectivity index (χ3n) is 3.22. The lowest BCUT2D eigenvalue weighted by molar-refractivity contribution is 0.354. The summed E-state index contributed by atoms with van der Waals surface area (Å²) >= 11 is 0. The van der Waals surface area contributed by atoms with Crippen LogP contribution >= 0.6 is 0 Å². The van der Waals surface area contributed by atoms with Crippen molar-refractivity contribution in [3.8, 4) is 17.2 Å². The van der Waals surface area contributed by atoms with E-state index < -0.39 is 0 Å². The van der Waals surface area contributed by atoms with Crippen molar-refractivity contribution in [2.45, 2.75) is 6.42 Å². The minimum absolute atomic E-state index is 0.163. The number of hydrogen-bond donors (Lipinski definition) is 1. The third-order valence-corrected chi connectivity index (χ3v) is 3.22. The van der Waals surface area contributed by atoms with Gasteiger partial charge in [-0.15, -0.1) is 0 Å². The number of benzene rings is 2. The summed E-state index contributed by atoms with van der Waals surface area (Å²) in [4.78, 5) is 4.40. The van der Waals surface area contributed by atoms with Gasteiger partial charge in [-0.25, -0.2) is 4.98 Å². The number of oxazole rings is 1. The molecule has 5 nitrogen and oxygen atoms in total. The van der Waals surface area contributed by atoms with Crippen LogP contribution in [-0.2, 0) is 6.42 Å². The van der Waals surface area contributed by atoms with E-state index in [-0.39, 0.29) is 5.75 Å². The summed E-state index contributed by atoms with van der Waals surface area (Å²) in [7, 11) is 3.20. The minimum Gasteiger partial charge on any atom is -0.508 e. The third kappa shape index (κ3) is 2.63. The molecular formula is C16H15NO4. The van der Waals surface area contributed by atoms with Gasteiger partial charge in [0.2, 0.25) is 0 Å². The quantitative estimate of drug-likeness (QED) is 0.797. The second-order valence-corrected chi connectivity index (χ2v) is 4.63. The molecule has 21 heavy (non-hydrogen) atoms. The number of aromatic nitrogens is 1. The van der Waals surface area contributed by atoms with Crippen LogP contribution in [0.5, 0.6) is 17.2 Å². The van der Waals surface area contributed by atoms with E-state index >= 15 is 0 Å². The molecule has 0 unspecified atom stereocenters. The summed E-state index contributed by atoms with van der Waals surface area (Å²) < 4.78 is 16.1. The fourth-order valence-electron chi connectivity index (χ4n) is 2.20. The van der Waals surface area contributed by atoms with Gasteiger partial charge in [0, 0.05) is 12.5 Å². The van der Waals surface area contributed by atoms with Crippen molar-refractivity contribution < 1.29 is 19.0 Å². The van der Waals surface area contributed by atoms with E-state index in [1.54, 1.807) is 32.4 Å². The van der Waals surface area contributed by atoms with Crippen LogP contribution in [0.2, 0.25) is 0 Å². The largest absolute Gasteiger partial charge is 0.508 e. The van der Waals surface area contributed by atoms with E-state index in [1.165, 1.54) is 0 Å². The standard InChI is InChI=1S/C16H15NO4/c1-19-13-6-3-10(7-15(13)20-2)8-16-17-12-5-4-11(18)9-14(12)21-16/h3-7,9,18H,8H2,1-2H3.